The number of esters is 1. The van der Waals surface area contributed by atoms with E-state index in [1.807, 2.05) is 13.0 Å². The average Bonchev–Trinajstić information content (AvgIpc) is 2.42. The summed E-state index contributed by atoms with van der Waals surface area (Å²) >= 11 is 0. The van der Waals surface area contributed by atoms with Crippen LogP contribution < -0.4 is 4.90 Å². The Morgan fingerprint density at radius 3 is 2.74 bits per heavy atom. The largest absolute Gasteiger partial charge is 0.460 e. The zero-order valence-corrected chi connectivity index (χ0v) is 12.3. The lowest BCUT2D eigenvalue weighted by Crippen LogP contribution is -2.28. The molecule has 0 radical (unpaired) electrons. The predicted molar refractivity (Wildman–Crippen MR) is 79.5 cm³/mol. The molecule has 104 valence electrons. The first-order valence-electron chi connectivity index (χ1n) is 6.70. The van der Waals surface area contributed by atoms with Gasteiger partial charge in [-0.2, -0.15) is 0 Å². The number of carbonyl (C=O) groups is 1. The lowest BCUT2D eigenvalue weighted by atomic mass is 10.2. The van der Waals surface area contributed by atoms with Crippen LogP contribution in [0.2, 0.25) is 0 Å². The molecule has 0 saturated carbocycles. The van der Waals surface area contributed by atoms with Gasteiger partial charge in [0.15, 0.2) is 0 Å². The number of nitrogens with zero attached hydrogens (tertiary/aromatic N) is 1. The Labute approximate surface area is 115 Å². The van der Waals surface area contributed by atoms with E-state index in [0.717, 1.165) is 6.54 Å². The van der Waals surface area contributed by atoms with Gasteiger partial charge < -0.3 is 9.64 Å². The van der Waals surface area contributed by atoms with Crippen LogP contribution in [0.4, 0.5) is 5.69 Å². The maximum absolute atomic E-state index is 11.5. The number of rotatable bonds is 6. The number of ether oxygens (including phenoxy) is 1. The molecule has 0 bridgehead atoms. The standard InChI is InChI=1S/C16H23NO2/c1-5-14(4)16(18)19-11-10-17(6-2)15-9-7-8-13(3)12-15/h5,7-9,12H,6,10-11H2,1-4H3/b14-5+. The summed E-state index contributed by atoms with van der Waals surface area (Å²) in [5.74, 6) is -0.234. The Balaban J connectivity index is 2.52. The number of anilines is 1. The molecule has 0 heterocycles. The molecule has 0 amide bonds. The zero-order chi connectivity index (χ0) is 14.3. The van der Waals surface area contributed by atoms with Gasteiger partial charge in [0.2, 0.25) is 0 Å². The van der Waals surface area contributed by atoms with Gasteiger partial charge in [0, 0.05) is 17.8 Å². The van der Waals surface area contributed by atoms with Crippen molar-refractivity contribution in [3.05, 3.63) is 41.5 Å². The second kappa shape index (κ2) is 7.62. The maximum atomic E-state index is 11.5. The van der Waals surface area contributed by atoms with Gasteiger partial charge in [-0.1, -0.05) is 18.2 Å². The molecule has 0 fully saturated rings. The molecule has 0 unspecified atom stereocenters. The third kappa shape index (κ3) is 4.78. The van der Waals surface area contributed by atoms with Crippen molar-refractivity contribution in [3.63, 3.8) is 0 Å². The number of hydrogen-bond acceptors (Lipinski definition) is 3. The first-order valence-corrected chi connectivity index (χ1v) is 6.70. The normalized spacial score (nSPS) is 11.3. The van der Waals surface area contributed by atoms with Gasteiger partial charge in [-0.25, -0.2) is 4.79 Å². The minimum absolute atomic E-state index is 0.234. The van der Waals surface area contributed by atoms with Crippen LogP contribution in [0.5, 0.6) is 0 Å². The van der Waals surface area contributed by atoms with E-state index in [4.69, 9.17) is 4.74 Å². The van der Waals surface area contributed by atoms with Gasteiger partial charge in [0.25, 0.3) is 0 Å². The van der Waals surface area contributed by atoms with Crippen LogP contribution in [-0.4, -0.2) is 25.7 Å². The smallest absolute Gasteiger partial charge is 0.333 e. The quantitative estimate of drug-likeness (QED) is 0.581. The summed E-state index contributed by atoms with van der Waals surface area (Å²) in [6, 6.07) is 8.34. The summed E-state index contributed by atoms with van der Waals surface area (Å²) in [6.45, 7) is 9.79. The van der Waals surface area contributed by atoms with Crippen LogP contribution in [-0.2, 0) is 9.53 Å². The number of likely N-dealkylation sites (N-methyl/N-ethyl adjacent to an activating group) is 1. The molecule has 0 N–H and O–H groups in total. The van der Waals surface area contributed by atoms with Crippen LogP contribution in [0, 0.1) is 6.92 Å². The first kappa shape index (κ1) is 15.3. The van der Waals surface area contributed by atoms with Crippen LogP contribution in [0.3, 0.4) is 0 Å². The fourth-order valence-corrected chi connectivity index (χ4v) is 1.77. The summed E-state index contributed by atoms with van der Waals surface area (Å²) in [4.78, 5) is 13.7. The summed E-state index contributed by atoms with van der Waals surface area (Å²) in [6.07, 6.45) is 1.76. The highest BCUT2D eigenvalue weighted by Gasteiger charge is 2.07. The van der Waals surface area contributed by atoms with Gasteiger partial charge in [-0.3, -0.25) is 0 Å². The molecule has 3 nitrogen and oxygen atoms in total. The summed E-state index contributed by atoms with van der Waals surface area (Å²) in [5.41, 5.74) is 3.05. The third-order valence-electron chi connectivity index (χ3n) is 3.10. The number of allylic oxidation sites excluding steroid dienone is 1. The Morgan fingerprint density at radius 1 is 1.42 bits per heavy atom. The highest BCUT2D eigenvalue weighted by Crippen LogP contribution is 2.15. The Bertz CT molecular complexity index is 452. The maximum Gasteiger partial charge on any atom is 0.333 e. The Hall–Kier alpha value is -1.77. The van der Waals surface area contributed by atoms with Crippen LogP contribution in [0.25, 0.3) is 0 Å². The number of hydrogen-bond donors (Lipinski definition) is 0. The van der Waals surface area contributed by atoms with Crippen molar-refractivity contribution in [2.45, 2.75) is 27.7 Å². The fraction of sp³-hybridized carbons (Fsp3) is 0.438. The molecule has 3 heteroatoms. The topological polar surface area (TPSA) is 29.5 Å². The zero-order valence-electron chi connectivity index (χ0n) is 12.3. The van der Waals surface area contributed by atoms with Crippen molar-refractivity contribution in [2.24, 2.45) is 0 Å². The lowest BCUT2D eigenvalue weighted by Gasteiger charge is -2.23. The van der Waals surface area contributed by atoms with Crippen LogP contribution in [0.1, 0.15) is 26.3 Å². The molecular formula is C16H23NO2. The van der Waals surface area contributed by atoms with E-state index in [0.29, 0.717) is 18.7 Å². The SMILES string of the molecule is C/C=C(\C)C(=O)OCCN(CC)c1cccc(C)c1. The average molecular weight is 261 g/mol. The van der Waals surface area contributed by atoms with E-state index in [-0.39, 0.29) is 5.97 Å². The van der Waals surface area contributed by atoms with Gasteiger partial charge in [0.05, 0.1) is 6.54 Å². The summed E-state index contributed by atoms with van der Waals surface area (Å²) in [7, 11) is 0. The number of aryl methyl sites for hydroxylation is 1. The van der Waals surface area contributed by atoms with Crippen molar-refractivity contribution in [2.75, 3.05) is 24.6 Å². The van der Waals surface area contributed by atoms with Crippen molar-refractivity contribution in [1.29, 1.82) is 0 Å². The molecule has 19 heavy (non-hydrogen) atoms. The molecule has 0 aromatic heterocycles. The fourth-order valence-electron chi connectivity index (χ4n) is 1.77. The molecule has 1 rings (SSSR count). The Morgan fingerprint density at radius 2 is 2.16 bits per heavy atom. The van der Waals surface area contributed by atoms with E-state index in [2.05, 4.69) is 36.9 Å². The number of benzene rings is 1. The van der Waals surface area contributed by atoms with Gasteiger partial charge in [0.1, 0.15) is 6.61 Å². The summed E-state index contributed by atoms with van der Waals surface area (Å²) < 4.78 is 5.23. The molecule has 1 aromatic rings. The number of carbonyl (C=O) groups excluding carboxylic acids is 1. The van der Waals surface area contributed by atoms with Crippen LogP contribution >= 0.6 is 0 Å². The molecule has 0 aliphatic rings. The Kier molecular flexibility index (Phi) is 6.13. The molecule has 0 spiro atoms. The van der Waals surface area contributed by atoms with Crippen molar-refractivity contribution >= 4 is 11.7 Å². The molecule has 0 atom stereocenters. The second-order valence-electron chi connectivity index (χ2n) is 4.53. The lowest BCUT2D eigenvalue weighted by molar-refractivity contribution is -0.138. The van der Waals surface area contributed by atoms with Gasteiger partial charge in [-0.05, 0) is 45.4 Å². The van der Waals surface area contributed by atoms with E-state index in [1.165, 1.54) is 11.3 Å². The van der Waals surface area contributed by atoms with Crippen molar-refractivity contribution in [3.8, 4) is 0 Å². The van der Waals surface area contributed by atoms with Gasteiger partial charge in [-0.15, -0.1) is 0 Å². The highest BCUT2D eigenvalue weighted by molar-refractivity contribution is 5.87. The monoisotopic (exact) mass is 261 g/mol. The molecular weight excluding hydrogens is 238 g/mol. The van der Waals surface area contributed by atoms with Crippen molar-refractivity contribution in [1.82, 2.24) is 0 Å². The predicted octanol–water partition coefficient (Wildman–Crippen LogP) is 3.33. The van der Waals surface area contributed by atoms with E-state index >= 15 is 0 Å². The van der Waals surface area contributed by atoms with Gasteiger partial charge >= 0.3 is 5.97 Å². The summed E-state index contributed by atoms with van der Waals surface area (Å²) in [5, 5.41) is 0. The van der Waals surface area contributed by atoms with Crippen LogP contribution in [0.15, 0.2) is 35.9 Å². The highest BCUT2D eigenvalue weighted by atomic mass is 16.5. The third-order valence-corrected chi connectivity index (χ3v) is 3.10. The second-order valence-corrected chi connectivity index (χ2v) is 4.53. The molecule has 0 aliphatic heterocycles. The first-order chi connectivity index (χ1) is 9.08. The van der Waals surface area contributed by atoms with Crippen molar-refractivity contribution < 1.29 is 9.53 Å². The van der Waals surface area contributed by atoms with E-state index < -0.39 is 0 Å². The molecule has 0 saturated heterocycles. The molecule has 1 aromatic carbocycles. The van der Waals surface area contributed by atoms with E-state index in [9.17, 15) is 4.79 Å². The minimum atomic E-state index is -0.234. The van der Waals surface area contributed by atoms with E-state index in [1.54, 1.807) is 13.0 Å². The molecule has 0 aliphatic carbocycles. The minimum Gasteiger partial charge on any atom is -0.460 e.